The summed E-state index contributed by atoms with van der Waals surface area (Å²) in [5, 5.41) is 11.7. The van der Waals surface area contributed by atoms with Crippen molar-refractivity contribution in [3.63, 3.8) is 0 Å². The van der Waals surface area contributed by atoms with Crippen LogP contribution in [0.5, 0.6) is 0 Å². The van der Waals surface area contributed by atoms with E-state index in [-0.39, 0.29) is 10.6 Å². The van der Waals surface area contributed by atoms with Gasteiger partial charge in [0.1, 0.15) is 6.10 Å². The minimum atomic E-state index is -3.43. The normalized spacial score (nSPS) is 13.5. The second-order valence-corrected chi connectivity index (χ2v) is 6.64. The van der Waals surface area contributed by atoms with Crippen LogP contribution < -0.4 is 0 Å². The molecule has 1 N–H and O–H groups in total. The maximum Gasteiger partial charge on any atom is 0.181 e. The summed E-state index contributed by atoms with van der Waals surface area (Å²) in [6.07, 6.45) is -0.958. The zero-order valence-electron chi connectivity index (χ0n) is 8.98. The highest BCUT2D eigenvalue weighted by molar-refractivity contribution is 7.91. The van der Waals surface area contributed by atoms with E-state index in [9.17, 15) is 13.5 Å². The average Bonchev–Trinajstić information content (AvgIpc) is 2.83. The van der Waals surface area contributed by atoms with Crippen LogP contribution in [0.25, 0.3) is 0 Å². The topological polar surface area (TPSA) is 54.4 Å². The van der Waals surface area contributed by atoms with E-state index in [0.29, 0.717) is 4.88 Å². The fourth-order valence-electron chi connectivity index (χ4n) is 1.49. The summed E-state index contributed by atoms with van der Waals surface area (Å²) in [5.74, 6) is -0.280. The first-order valence-corrected chi connectivity index (χ1v) is 7.62. The lowest BCUT2D eigenvalue weighted by molar-refractivity contribution is 0.205. The number of aliphatic hydroxyl groups excluding tert-OH is 1. The molecule has 90 valence electrons. The van der Waals surface area contributed by atoms with E-state index in [1.165, 1.54) is 23.5 Å². The summed E-state index contributed by atoms with van der Waals surface area (Å²) in [4.78, 5) is 0.917. The SMILES string of the molecule is O=S(=O)(CC(O)c1cccs1)c1ccccc1. The van der Waals surface area contributed by atoms with E-state index in [4.69, 9.17) is 0 Å². The lowest BCUT2D eigenvalue weighted by Crippen LogP contribution is -2.13. The van der Waals surface area contributed by atoms with Crippen LogP contribution in [0.2, 0.25) is 0 Å². The third-order valence-corrected chi connectivity index (χ3v) is 5.07. The Morgan fingerprint density at radius 3 is 2.41 bits per heavy atom. The van der Waals surface area contributed by atoms with Crippen molar-refractivity contribution in [2.24, 2.45) is 0 Å². The van der Waals surface area contributed by atoms with Gasteiger partial charge in [-0.25, -0.2) is 8.42 Å². The molecule has 17 heavy (non-hydrogen) atoms. The Morgan fingerprint density at radius 1 is 1.12 bits per heavy atom. The first kappa shape index (κ1) is 12.3. The molecule has 2 rings (SSSR count). The number of rotatable bonds is 4. The molecule has 0 bridgehead atoms. The summed E-state index contributed by atoms with van der Waals surface area (Å²) in [7, 11) is -3.43. The van der Waals surface area contributed by atoms with Gasteiger partial charge in [-0.15, -0.1) is 11.3 Å². The Balaban J connectivity index is 2.19. The van der Waals surface area contributed by atoms with Crippen molar-refractivity contribution in [2.45, 2.75) is 11.0 Å². The number of hydrogen-bond acceptors (Lipinski definition) is 4. The third-order valence-electron chi connectivity index (χ3n) is 2.35. The van der Waals surface area contributed by atoms with E-state index in [0.717, 1.165) is 0 Å². The predicted molar refractivity (Wildman–Crippen MR) is 67.8 cm³/mol. The smallest absolute Gasteiger partial charge is 0.181 e. The van der Waals surface area contributed by atoms with Gasteiger partial charge < -0.3 is 5.11 Å². The van der Waals surface area contributed by atoms with Crippen LogP contribution in [0.15, 0.2) is 52.7 Å². The summed E-state index contributed by atoms with van der Waals surface area (Å²) < 4.78 is 24.0. The summed E-state index contributed by atoms with van der Waals surface area (Å²) >= 11 is 1.35. The number of benzene rings is 1. The molecule has 1 aromatic carbocycles. The molecule has 0 aliphatic heterocycles. The quantitative estimate of drug-likeness (QED) is 0.925. The number of hydrogen-bond donors (Lipinski definition) is 1. The second-order valence-electron chi connectivity index (χ2n) is 3.63. The van der Waals surface area contributed by atoms with E-state index in [1.54, 1.807) is 30.3 Å². The van der Waals surface area contributed by atoms with Gasteiger partial charge in [-0.05, 0) is 23.6 Å². The predicted octanol–water partition coefficient (Wildman–Crippen LogP) is 2.26. The van der Waals surface area contributed by atoms with Crippen LogP contribution >= 0.6 is 11.3 Å². The first-order valence-electron chi connectivity index (χ1n) is 5.09. The Labute approximate surface area is 104 Å². The molecule has 0 spiro atoms. The highest BCUT2D eigenvalue weighted by Crippen LogP contribution is 2.23. The average molecular weight is 268 g/mol. The van der Waals surface area contributed by atoms with Crippen LogP contribution in [0.4, 0.5) is 0 Å². The van der Waals surface area contributed by atoms with Crippen molar-refractivity contribution in [1.82, 2.24) is 0 Å². The molecule has 2 aromatic rings. The molecule has 0 radical (unpaired) electrons. The maximum atomic E-state index is 12.0. The van der Waals surface area contributed by atoms with Gasteiger partial charge in [0.15, 0.2) is 9.84 Å². The minimum absolute atomic E-state index is 0.246. The van der Waals surface area contributed by atoms with E-state index in [1.807, 2.05) is 5.38 Å². The Hall–Kier alpha value is -1.17. The van der Waals surface area contributed by atoms with E-state index < -0.39 is 15.9 Å². The third kappa shape index (κ3) is 2.94. The molecule has 0 aliphatic carbocycles. The maximum absolute atomic E-state index is 12.0. The number of aliphatic hydroxyl groups is 1. The molecule has 0 fully saturated rings. The molecular formula is C12H12O3S2. The lowest BCUT2D eigenvalue weighted by Gasteiger charge is -2.09. The molecule has 1 atom stereocenters. The Morgan fingerprint density at radius 2 is 1.82 bits per heavy atom. The largest absolute Gasteiger partial charge is 0.386 e. The van der Waals surface area contributed by atoms with Gasteiger partial charge in [0.2, 0.25) is 0 Å². The monoisotopic (exact) mass is 268 g/mol. The molecule has 1 heterocycles. The number of sulfone groups is 1. The van der Waals surface area contributed by atoms with E-state index >= 15 is 0 Å². The molecule has 0 amide bonds. The standard InChI is InChI=1S/C12H12O3S2/c13-11(12-7-4-8-16-12)9-17(14,15)10-5-2-1-3-6-10/h1-8,11,13H,9H2. The van der Waals surface area contributed by atoms with E-state index in [2.05, 4.69) is 0 Å². The van der Waals surface area contributed by atoms with Crippen molar-refractivity contribution in [3.05, 3.63) is 52.7 Å². The van der Waals surface area contributed by atoms with Crippen LogP contribution in [0, 0.1) is 0 Å². The van der Waals surface area contributed by atoms with Crippen molar-refractivity contribution in [1.29, 1.82) is 0 Å². The molecule has 0 saturated heterocycles. The van der Waals surface area contributed by atoms with Crippen molar-refractivity contribution in [3.8, 4) is 0 Å². The van der Waals surface area contributed by atoms with Gasteiger partial charge in [-0.3, -0.25) is 0 Å². The number of thiophene rings is 1. The summed E-state index contributed by atoms with van der Waals surface area (Å²) in [6, 6.07) is 11.7. The zero-order chi connectivity index (χ0) is 12.3. The van der Waals surface area contributed by atoms with Crippen LogP contribution in [-0.2, 0) is 9.84 Å². The van der Waals surface area contributed by atoms with Gasteiger partial charge in [0.25, 0.3) is 0 Å². The molecule has 3 nitrogen and oxygen atoms in total. The molecular weight excluding hydrogens is 256 g/mol. The minimum Gasteiger partial charge on any atom is -0.386 e. The van der Waals surface area contributed by atoms with Crippen LogP contribution in [0.1, 0.15) is 11.0 Å². The van der Waals surface area contributed by atoms with Crippen molar-refractivity contribution >= 4 is 21.2 Å². The molecule has 0 saturated carbocycles. The summed E-state index contributed by atoms with van der Waals surface area (Å²) in [6.45, 7) is 0. The van der Waals surface area contributed by atoms with Gasteiger partial charge in [0.05, 0.1) is 10.6 Å². The second kappa shape index (κ2) is 5.00. The summed E-state index contributed by atoms with van der Waals surface area (Å²) in [5.41, 5.74) is 0. The highest BCUT2D eigenvalue weighted by atomic mass is 32.2. The lowest BCUT2D eigenvalue weighted by atomic mass is 10.3. The van der Waals surface area contributed by atoms with Crippen molar-refractivity contribution in [2.75, 3.05) is 5.75 Å². The fourth-order valence-corrected chi connectivity index (χ4v) is 3.67. The fraction of sp³-hybridized carbons (Fsp3) is 0.167. The van der Waals surface area contributed by atoms with Gasteiger partial charge in [0, 0.05) is 4.88 Å². The Bertz CT molecular complexity index is 559. The Kier molecular flexibility index (Phi) is 3.61. The van der Waals surface area contributed by atoms with Crippen molar-refractivity contribution < 1.29 is 13.5 Å². The van der Waals surface area contributed by atoms with Crippen LogP contribution in [0.3, 0.4) is 0 Å². The zero-order valence-corrected chi connectivity index (χ0v) is 10.6. The molecule has 5 heteroatoms. The van der Waals surface area contributed by atoms with Gasteiger partial charge in [-0.2, -0.15) is 0 Å². The molecule has 0 aliphatic rings. The molecule has 1 aromatic heterocycles. The first-order chi connectivity index (χ1) is 8.09. The van der Waals surface area contributed by atoms with Gasteiger partial charge >= 0.3 is 0 Å². The highest BCUT2D eigenvalue weighted by Gasteiger charge is 2.21. The van der Waals surface area contributed by atoms with Gasteiger partial charge in [-0.1, -0.05) is 24.3 Å². The van der Waals surface area contributed by atoms with Crippen LogP contribution in [-0.4, -0.2) is 19.3 Å². The molecule has 1 unspecified atom stereocenters.